The molecule has 0 radical (unpaired) electrons. The van der Waals surface area contributed by atoms with E-state index in [0.29, 0.717) is 0 Å². The number of sulfonamides is 1. The minimum absolute atomic E-state index is 0.0637. The summed E-state index contributed by atoms with van der Waals surface area (Å²) in [7, 11) is -3.90. The first-order valence-electron chi connectivity index (χ1n) is 7.08. The minimum Gasteiger partial charge on any atom is -0.449 e. The van der Waals surface area contributed by atoms with Gasteiger partial charge in [0, 0.05) is 5.69 Å². The quantitative estimate of drug-likeness (QED) is 0.754. The number of halogens is 1. The van der Waals surface area contributed by atoms with Gasteiger partial charge in [0.25, 0.3) is 15.9 Å². The molecule has 0 fully saturated rings. The number of ether oxygens (including phenoxy) is 1. The lowest BCUT2D eigenvalue weighted by molar-refractivity contribution is -0.125. The summed E-state index contributed by atoms with van der Waals surface area (Å²) in [5.74, 6) is -2.09. The Labute approximate surface area is 143 Å². The summed E-state index contributed by atoms with van der Waals surface area (Å²) < 4.78 is 44.5. The highest BCUT2D eigenvalue weighted by Crippen LogP contribution is 2.17. The van der Waals surface area contributed by atoms with Gasteiger partial charge in [-0.25, -0.2) is 17.6 Å². The van der Waals surface area contributed by atoms with Crippen molar-refractivity contribution in [1.82, 2.24) is 0 Å². The van der Waals surface area contributed by atoms with Gasteiger partial charge in [-0.15, -0.1) is 0 Å². The third-order valence-corrected chi connectivity index (χ3v) is 4.58. The van der Waals surface area contributed by atoms with Gasteiger partial charge in [0.1, 0.15) is 5.82 Å². The Morgan fingerprint density at radius 2 is 1.64 bits per heavy atom. The first-order valence-corrected chi connectivity index (χ1v) is 8.56. The number of nitrogens with two attached hydrogens (primary N) is 1. The zero-order chi connectivity index (χ0) is 18.6. The van der Waals surface area contributed by atoms with Crippen LogP contribution < -0.4 is 10.5 Å². The third kappa shape index (κ3) is 4.77. The number of carbonyl (C=O) groups excluding carboxylic acids is 2. The van der Waals surface area contributed by atoms with E-state index in [1.54, 1.807) is 0 Å². The van der Waals surface area contributed by atoms with E-state index < -0.39 is 33.8 Å². The highest BCUT2D eigenvalue weighted by atomic mass is 32.2. The van der Waals surface area contributed by atoms with Gasteiger partial charge < -0.3 is 10.5 Å². The lowest BCUT2D eigenvalue weighted by Gasteiger charge is -2.11. The van der Waals surface area contributed by atoms with Gasteiger partial charge in [0.05, 0.1) is 10.5 Å². The molecule has 2 rings (SSSR count). The van der Waals surface area contributed by atoms with Gasteiger partial charge >= 0.3 is 5.97 Å². The fourth-order valence-electron chi connectivity index (χ4n) is 1.79. The molecule has 0 aliphatic rings. The minimum atomic E-state index is -3.90. The maximum Gasteiger partial charge on any atom is 0.338 e. The molecular weight excluding hydrogens is 351 g/mol. The largest absolute Gasteiger partial charge is 0.449 e. The van der Waals surface area contributed by atoms with Crippen LogP contribution in [0.15, 0.2) is 53.4 Å². The van der Waals surface area contributed by atoms with Gasteiger partial charge in [-0.05, 0) is 55.5 Å². The zero-order valence-corrected chi connectivity index (χ0v) is 13.9. The molecule has 7 nitrogen and oxygen atoms in total. The maximum absolute atomic E-state index is 12.9. The van der Waals surface area contributed by atoms with Crippen LogP contribution in [0.3, 0.4) is 0 Å². The summed E-state index contributed by atoms with van der Waals surface area (Å²) in [5.41, 5.74) is 5.26. The summed E-state index contributed by atoms with van der Waals surface area (Å²) in [6, 6.07) is 9.71. The molecule has 9 heteroatoms. The second kappa shape index (κ2) is 7.31. The molecule has 0 saturated carbocycles. The molecule has 2 aromatic carbocycles. The van der Waals surface area contributed by atoms with Gasteiger partial charge in [-0.3, -0.25) is 9.52 Å². The van der Waals surface area contributed by atoms with Gasteiger partial charge in [-0.1, -0.05) is 0 Å². The number of rotatable bonds is 6. The standard InChI is InChI=1S/C16H15FN2O5S/c1-10(15(18)20)24-16(21)11-2-8-14(9-3-11)25(22,23)19-13-6-4-12(17)5-7-13/h2-10,19H,1H3,(H2,18,20). The molecule has 0 aliphatic heterocycles. The van der Waals surface area contributed by atoms with Crippen molar-refractivity contribution < 1.29 is 27.1 Å². The molecular formula is C16H15FN2O5S. The normalized spacial score (nSPS) is 12.2. The molecule has 3 N–H and O–H groups in total. The van der Waals surface area contributed by atoms with Crippen LogP contribution in [-0.2, 0) is 19.6 Å². The Morgan fingerprint density at radius 1 is 1.08 bits per heavy atom. The van der Waals surface area contributed by atoms with E-state index >= 15 is 0 Å². The molecule has 1 amide bonds. The zero-order valence-electron chi connectivity index (χ0n) is 13.1. The SMILES string of the molecule is CC(OC(=O)c1ccc(S(=O)(=O)Nc2ccc(F)cc2)cc1)C(N)=O. The van der Waals surface area contributed by atoms with Crippen LogP contribution >= 0.6 is 0 Å². The van der Waals surface area contributed by atoms with Crippen molar-refractivity contribution in [2.45, 2.75) is 17.9 Å². The van der Waals surface area contributed by atoms with Crippen molar-refractivity contribution in [3.05, 3.63) is 59.9 Å². The summed E-state index contributed by atoms with van der Waals surface area (Å²) in [6.07, 6.45) is -1.10. The number of anilines is 1. The molecule has 0 heterocycles. The molecule has 1 atom stereocenters. The molecule has 0 bridgehead atoms. The Kier molecular flexibility index (Phi) is 5.38. The van der Waals surface area contributed by atoms with Crippen LogP contribution in [0.5, 0.6) is 0 Å². The first kappa shape index (κ1) is 18.4. The Balaban J connectivity index is 2.14. The van der Waals surface area contributed by atoms with E-state index in [-0.39, 0.29) is 16.1 Å². The predicted molar refractivity (Wildman–Crippen MR) is 87.7 cm³/mol. The Bertz CT molecular complexity index is 880. The van der Waals surface area contributed by atoms with E-state index in [0.717, 1.165) is 12.1 Å². The second-order valence-corrected chi connectivity index (χ2v) is 6.77. The van der Waals surface area contributed by atoms with Crippen molar-refractivity contribution >= 4 is 27.6 Å². The number of esters is 1. The number of primary amides is 1. The molecule has 0 saturated heterocycles. The summed E-state index contributed by atoms with van der Waals surface area (Å²) in [5, 5.41) is 0. The van der Waals surface area contributed by atoms with Crippen LogP contribution in [0.1, 0.15) is 17.3 Å². The fraction of sp³-hybridized carbons (Fsp3) is 0.125. The van der Waals surface area contributed by atoms with Crippen LogP contribution in [-0.4, -0.2) is 26.4 Å². The summed E-state index contributed by atoms with van der Waals surface area (Å²) in [6.45, 7) is 1.33. The highest BCUT2D eigenvalue weighted by Gasteiger charge is 2.18. The number of hydrogen-bond donors (Lipinski definition) is 2. The number of nitrogens with one attached hydrogen (secondary N) is 1. The van der Waals surface area contributed by atoms with Gasteiger partial charge in [0.2, 0.25) is 0 Å². The lowest BCUT2D eigenvalue weighted by Crippen LogP contribution is -2.30. The van der Waals surface area contributed by atoms with Crippen molar-refractivity contribution in [3.8, 4) is 0 Å². The lowest BCUT2D eigenvalue weighted by atomic mass is 10.2. The molecule has 1 unspecified atom stereocenters. The average molecular weight is 366 g/mol. The third-order valence-electron chi connectivity index (χ3n) is 3.18. The van der Waals surface area contributed by atoms with E-state index in [2.05, 4.69) is 4.72 Å². The van der Waals surface area contributed by atoms with Crippen LogP contribution in [0.25, 0.3) is 0 Å². The smallest absolute Gasteiger partial charge is 0.338 e. The Hall–Kier alpha value is -2.94. The van der Waals surface area contributed by atoms with Crippen molar-refractivity contribution in [3.63, 3.8) is 0 Å². The molecule has 0 aliphatic carbocycles. The van der Waals surface area contributed by atoms with Crippen LogP contribution in [0.4, 0.5) is 10.1 Å². The Morgan fingerprint density at radius 3 is 2.16 bits per heavy atom. The topological polar surface area (TPSA) is 116 Å². The molecule has 132 valence electrons. The van der Waals surface area contributed by atoms with Crippen molar-refractivity contribution in [1.29, 1.82) is 0 Å². The molecule has 0 aromatic heterocycles. The van der Waals surface area contributed by atoms with Crippen molar-refractivity contribution in [2.75, 3.05) is 4.72 Å². The van der Waals surface area contributed by atoms with E-state index in [9.17, 15) is 22.4 Å². The van der Waals surface area contributed by atoms with Crippen LogP contribution in [0.2, 0.25) is 0 Å². The second-order valence-electron chi connectivity index (χ2n) is 5.09. The van der Waals surface area contributed by atoms with Gasteiger partial charge in [-0.2, -0.15) is 0 Å². The summed E-state index contributed by atoms with van der Waals surface area (Å²) in [4.78, 5) is 22.6. The van der Waals surface area contributed by atoms with Crippen molar-refractivity contribution in [2.24, 2.45) is 5.73 Å². The summed E-state index contributed by atoms with van der Waals surface area (Å²) >= 11 is 0. The van der Waals surface area contributed by atoms with E-state index in [1.807, 2.05) is 0 Å². The number of carbonyl (C=O) groups is 2. The molecule has 0 spiro atoms. The number of benzene rings is 2. The first-order chi connectivity index (χ1) is 11.7. The monoisotopic (exact) mass is 366 g/mol. The van der Waals surface area contributed by atoms with Crippen LogP contribution in [0, 0.1) is 5.82 Å². The number of hydrogen-bond acceptors (Lipinski definition) is 5. The molecule has 2 aromatic rings. The molecule has 25 heavy (non-hydrogen) atoms. The van der Waals surface area contributed by atoms with Gasteiger partial charge in [0.15, 0.2) is 6.10 Å². The fourth-order valence-corrected chi connectivity index (χ4v) is 2.85. The number of amides is 1. The highest BCUT2D eigenvalue weighted by molar-refractivity contribution is 7.92. The predicted octanol–water partition coefficient (Wildman–Crippen LogP) is 1.66. The van der Waals surface area contributed by atoms with E-state index in [4.69, 9.17) is 10.5 Å². The van der Waals surface area contributed by atoms with E-state index in [1.165, 1.54) is 43.3 Å². The maximum atomic E-state index is 12.9. The average Bonchev–Trinajstić information content (AvgIpc) is 2.56.